The SMILES string of the molecule is CC(C)C(=O)OC(OC([NH])=O)C(C)C. The standard InChI is InChI=1S/C9H16NO4/c1-5(2)7(11)13-8(6(3)4)14-9(10)12/h5-6,8,10H,1-4H3. The number of rotatable bonds is 4. The van der Waals surface area contributed by atoms with Crippen LogP contribution in [-0.2, 0) is 14.3 Å². The first kappa shape index (κ1) is 12.7. The maximum atomic E-state index is 11.2. The number of nitrogens with one attached hydrogen (secondary N) is 1. The van der Waals surface area contributed by atoms with Crippen LogP contribution in [0.4, 0.5) is 4.79 Å². The Bertz CT molecular complexity index is 213. The van der Waals surface area contributed by atoms with Gasteiger partial charge in [0.25, 0.3) is 6.29 Å². The van der Waals surface area contributed by atoms with Crippen LogP contribution in [0.2, 0.25) is 0 Å². The van der Waals surface area contributed by atoms with E-state index in [1.807, 2.05) is 0 Å². The Labute approximate surface area is 83.5 Å². The third-order valence-electron chi connectivity index (χ3n) is 1.47. The fourth-order valence-corrected chi connectivity index (χ4v) is 0.652. The Balaban J connectivity index is 4.23. The monoisotopic (exact) mass is 202 g/mol. The minimum atomic E-state index is -1.19. The molecule has 0 fully saturated rings. The normalized spacial score (nSPS) is 12.7. The van der Waals surface area contributed by atoms with Crippen LogP contribution < -0.4 is 5.73 Å². The van der Waals surface area contributed by atoms with Gasteiger partial charge in [0, 0.05) is 5.92 Å². The maximum absolute atomic E-state index is 11.2. The van der Waals surface area contributed by atoms with Crippen molar-refractivity contribution in [1.29, 1.82) is 0 Å². The average molecular weight is 202 g/mol. The lowest BCUT2D eigenvalue weighted by Gasteiger charge is -2.20. The quantitative estimate of drug-likeness (QED) is 0.512. The van der Waals surface area contributed by atoms with Gasteiger partial charge in [-0.1, -0.05) is 27.7 Å². The Kier molecular flexibility index (Phi) is 4.97. The van der Waals surface area contributed by atoms with Crippen LogP contribution >= 0.6 is 0 Å². The van der Waals surface area contributed by atoms with Gasteiger partial charge in [-0.2, -0.15) is 0 Å². The molecule has 1 amide bonds. The second kappa shape index (κ2) is 5.47. The van der Waals surface area contributed by atoms with Crippen molar-refractivity contribution >= 4 is 12.1 Å². The first-order chi connectivity index (χ1) is 6.34. The van der Waals surface area contributed by atoms with Crippen molar-refractivity contribution in [3.63, 3.8) is 0 Å². The molecule has 1 atom stereocenters. The molecular formula is C9H16NO4. The van der Waals surface area contributed by atoms with E-state index >= 15 is 0 Å². The molecular weight excluding hydrogens is 186 g/mol. The van der Waals surface area contributed by atoms with E-state index in [1.165, 1.54) is 0 Å². The Morgan fingerprint density at radius 3 is 1.86 bits per heavy atom. The predicted octanol–water partition coefficient (Wildman–Crippen LogP) is 1.59. The minimum Gasteiger partial charge on any atom is -0.425 e. The smallest absolute Gasteiger partial charge is 0.425 e. The number of carbonyl (C=O) groups is 2. The van der Waals surface area contributed by atoms with Crippen LogP contribution in [0.5, 0.6) is 0 Å². The Morgan fingerprint density at radius 1 is 1.07 bits per heavy atom. The molecule has 0 aromatic heterocycles. The summed E-state index contributed by atoms with van der Waals surface area (Å²) in [6.45, 7) is 6.84. The Hall–Kier alpha value is -1.26. The zero-order valence-corrected chi connectivity index (χ0v) is 8.87. The van der Waals surface area contributed by atoms with E-state index in [0.29, 0.717) is 0 Å². The summed E-state index contributed by atoms with van der Waals surface area (Å²) in [6.07, 6.45) is -2.16. The second-order valence-corrected chi connectivity index (χ2v) is 3.61. The summed E-state index contributed by atoms with van der Waals surface area (Å²) in [5, 5.41) is 0. The number of hydrogen-bond acceptors (Lipinski definition) is 4. The topological polar surface area (TPSA) is 76.4 Å². The van der Waals surface area contributed by atoms with Crippen molar-refractivity contribution in [3.8, 4) is 0 Å². The molecule has 0 aliphatic rings. The van der Waals surface area contributed by atoms with E-state index in [0.717, 1.165) is 0 Å². The van der Waals surface area contributed by atoms with Gasteiger partial charge in [-0.3, -0.25) is 4.79 Å². The number of hydrogen-bond donors (Lipinski definition) is 0. The summed E-state index contributed by atoms with van der Waals surface area (Å²) >= 11 is 0. The third kappa shape index (κ3) is 4.69. The second-order valence-electron chi connectivity index (χ2n) is 3.61. The first-order valence-corrected chi connectivity index (χ1v) is 4.47. The first-order valence-electron chi connectivity index (χ1n) is 4.47. The molecule has 81 valence electrons. The molecule has 1 radical (unpaired) electrons. The minimum absolute atomic E-state index is 0.160. The molecule has 5 nitrogen and oxygen atoms in total. The fraction of sp³-hybridized carbons (Fsp3) is 0.778. The van der Waals surface area contributed by atoms with Crippen molar-refractivity contribution < 1.29 is 19.1 Å². The average Bonchev–Trinajstić information content (AvgIpc) is 2.01. The Morgan fingerprint density at radius 2 is 1.57 bits per heavy atom. The molecule has 0 heterocycles. The largest absolute Gasteiger partial charge is 0.429 e. The predicted molar refractivity (Wildman–Crippen MR) is 49.1 cm³/mol. The van der Waals surface area contributed by atoms with E-state index < -0.39 is 18.4 Å². The molecule has 0 bridgehead atoms. The molecule has 0 rings (SSSR count). The number of amides is 1. The molecule has 0 aromatic carbocycles. The van der Waals surface area contributed by atoms with Crippen LogP contribution in [0.15, 0.2) is 0 Å². The molecule has 5 heteroatoms. The lowest BCUT2D eigenvalue weighted by atomic mass is 10.2. The van der Waals surface area contributed by atoms with Crippen LogP contribution in [-0.4, -0.2) is 18.4 Å². The molecule has 1 unspecified atom stereocenters. The number of carbonyl (C=O) groups excluding carboxylic acids is 2. The molecule has 0 saturated carbocycles. The van der Waals surface area contributed by atoms with Gasteiger partial charge in [-0.15, -0.1) is 0 Å². The summed E-state index contributed by atoms with van der Waals surface area (Å²) in [7, 11) is 0. The van der Waals surface area contributed by atoms with Crippen molar-refractivity contribution in [1.82, 2.24) is 5.73 Å². The van der Waals surface area contributed by atoms with Crippen LogP contribution in [0.25, 0.3) is 0 Å². The fourth-order valence-electron chi connectivity index (χ4n) is 0.652. The van der Waals surface area contributed by atoms with Gasteiger partial charge in [-0.25, -0.2) is 10.5 Å². The van der Waals surface area contributed by atoms with E-state index in [4.69, 9.17) is 10.5 Å². The van der Waals surface area contributed by atoms with Gasteiger partial charge in [0.05, 0.1) is 5.92 Å². The molecule has 1 N–H and O–H groups in total. The van der Waals surface area contributed by atoms with Gasteiger partial charge in [-0.05, 0) is 0 Å². The molecule has 0 aliphatic heterocycles. The van der Waals surface area contributed by atoms with Gasteiger partial charge in [0.1, 0.15) is 0 Å². The summed E-state index contributed by atoms with van der Waals surface area (Å²) in [4.78, 5) is 21.5. The van der Waals surface area contributed by atoms with E-state index in [2.05, 4.69) is 4.74 Å². The van der Waals surface area contributed by atoms with Gasteiger partial charge >= 0.3 is 12.1 Å². The molecule has 0 spiro atoms. The van der Waals surface area contributed by atoms with Gasteiger partial charge < -0.3 is 9.47 Å². The lowest BCUT2D eigenvalue weighted by molar-refractivity contribution is -0.178. The zero-order chi connectivity index (χ0) is 11.3. The summed E-state index contributed by atoms with van der Waals surface area (Å²) in [6, 6.07) is 0. The molecule has 14 heavy (non-hydrogen) atoms. The summed E-state index contributed by atoms with van der Waals surface area (Å²) in [5.41, 5.74) is 6.60. The highest BCUT2D eigenvalue weighted by Crippen LogP contribution is 2.11. The number of ether oxygens (including phenoxy) is 2. The van der Waals surface area contributed by atoms with Gasteiger partial charge in [0.15, 0.2) is 0 Å². The van der Waals surface area contributed by atoms with E-state index in [9.17, 15) is 9.59 Å². The number of esters is 1. The van der Waals surface area contributed by atoms with Crippen molar-refractivity contribution in [2.75, 3.05) is 0 Å². The van der Waals surface area contributed by atoms with Crippen LogP contribution in [0.1, 0.15) is 27.7 Å². The summed E-state index contributed by atoms with van der Waals surface area (Å²) in [5.74, 6) is -0.877. The zero-order valence-electron chi connectivity index (χ0n) is 8.87. The van der Waals surface area contributed by atoms with Gasteiger partial charge in [0.2, 0.25) is 0 Å². The maximum Gasteiger partial charge on any atom is 0.429 e. The third-order valence-corrected chi connectivity index (χ3v) is 1.47. The summed E-state index contributed by atoms with van der Waals surface area (Å²) < 4.78 is 9.40. The highest BCUT2D eigenvalue weighted by molar-refractivity contribution is 5.72. The van der Waals surface area contributed by atoms with E-state index in [-0.39, 0.29) is 11.8 Å². The van der Waals surface area contributed by atoms with Crippen molar-refractivity contribution in [3.05, 3.63) is 0 Å². The van der Waals surface area contributed by atoms with E-state index in [1.54, 1.807) is 27.7 Å². The van der Waals surface area contributed by atoms with Crippen molar-refractivity contribution in [2.45, 2.75) is 34.0 Å². The molecule has 0 aromatic rings. The molecule has 0 saturated heterocycles. The van der Waals surface area contributed by atoms with Crippen LogP contribution in [0.3, 0.4) is 0 Å². The molecule has 0 aliphatic carbocycles. The lowest BCUT2D eigenvalue weighted by Crippen LogP contribution is -2.30. The van der Waals surface area contributed by atoms with Crippen molar-refractivity contribution in [2.24, 2.45) is 11.8 Å². The highest BCUT2D eigenvalue weighted by Gasteiger charge is 2.23. The van der Waals surface area contributed by atoms with Crippen LogP contribution in [0, 0.1) is 11.8 Å². The highest BCUT2D eigenvalue weighted by atomic mass is 16.7.